The van der Waals surface area contributed by atoms with Crippen LogP contribution in [0.2, 0.25) is 0 Å². The average molecular weight is 677 g/mol. The van der Waals surface area contributed by atoms with Crippen LogP contribution in [-0.2, 0) is 16.5 Å². The largest absolute Gasteiger partial charge is 0.370 e. The minimum absolute atomic E-state index is 0.0201. The van der Waals surface area contributed by atoms with E-state index < -0.39 is 0 Å². The van der Waals surface area contributed by atoms with E-state index in [0.29, 0.717) is 0 Å². The number of pyridine rings is 3. The minimum atomic E-state index is -0.210. The highest BCUT2D eigenvalue weighted by molar-refractivity contribution is 9.10. The summed E-state index contributed by atoms with van der Waals surface area (Å²) in [5.41, 5.74) is 8.69. The summed E-state index contributed by atoms with van der Waals surface area (Å²) < 4.78 is 18.2. The Balaban J connectivity index is 0.000000172. The van der Waals surface area contributed by atoms with Crippen molar-refractivity contribution in [1.82, 2.24) is 23.3 Å². The van der Waals surface area contributed by atoms with E-state index in [1.165, 1.54) is 0 Å². The summed E-state index contributed by atoms with van der Waals surface area (Å²) >= 11 is 3.49. The molecule has 7 aromatic rings. The van der Waals surface area contributed by atoms with Crippen molar-refractivity contribution < 1.29 is 9.47 Å². The molecule has 0 bridgehead atoms. The van der Waals surface area contributed by atoms with Gasteiger partial charge in [0.15, 0.2) is 0 Å². The molecule has 8 nitrogen and oxygen atoms in total. The molecule has 0 saturated heterocycles. The maximum Gasteiger partial charge on any atom is 0.253 e. The smallest absolute Gasteiger partial charge is 0.253 e. The van der Waals surface area contributed by atoms with Crippen LogP contribution in [0.1, 0.15) is 40.3 Å². The summed E-state index contributed by atoms with van der Waals surface area (Å²) in [4.78, 5) is 20.9. The molecule has 0 amide bonds. The topological polar surface area (TPSA) is 75.1 Å². The molecule has 9 heteroatoms. The minimum Gasteiger partial charge on any atom is -0.370 e. The summed E-state index contributed by atoms with van der Waals surface area (Å²) in [6.07, 6.45) is 9.30. The molecule has 7 rings (SSSR count). The highest BCUT2D eigenvalue weighted by atomic mass is 79.9. The SMILES string of the molecule is COC(c1ccccc1)c1cnc2ccc(-c3cc(C)c(=O)n(C)c3)cn12.COC(c1ccccc1)c1cnc2ccc(Br)cn12. The highest BCUT2D eigenvalue weighted by Crippen LogP contribution is 2.29. The van der Waals surface area contributed by atoms with E-state index in [1.54, 1.807) is 25.8 Å². The molecule has 0 aliphatic heterocycles. The van der Waals surface area contributed by atoms with Gasteiger partial charge in [-0.05, 0) is 75.4 Å². The Morgan fingerprint density at radius 3 is 1.72 bits per heavy atom. The number of rotatable bonds is 7. The summed E-state index contributed by atoms with van der Waals surface area (Å²) in [7, 11) is 5.20. The number of halogens is 1. The van der Waals surface area contributed by atoms with E-state index in [-0.39, 0.29) is 17.8 Å². The quantitative estimate of drug-likeness (QED) is 0.174. The third-order valence-corrected chi connectivity index (χ3v) is 8.41. The van der Waals surface area contributed by atoms with Crippen molar-refractivity contribution in [3.63, 3.8) is 0 Å². The lowest BCUT2D eigenvalue weighted by Gasteiger charge is -2.16. The molecule has 2 atom stereocenters. The summed E-state index contributed by atoms with van der Waals surface area (Å²) in [5.74, 6) is 0. The van der Waals surface area contributed by atoms with E-state index >= 15 is 0 Å². The molecule has 0 saturated carbocycles. The monoisotopic (exact) mass is 675 g/mol. The van der Waals surface area contributed by atoms with Crippen LogP contribution >= 0.6 is 15.9 Å². The number of fused-ring (bicyclic) bond motifs is 2. The molecule has 46 heavy (non-hydrogen) atoms. The molecule has 0 fully saturated rings. The number of methoxy groups -OCH3 is 2. The molecule has 232 valence electrons. The average Bonchev–Trinajstić information content (AvgIpc) is 3.69. The van der Waals surface area contributed by atoms with Crippen molar-refractivity contribution in [3.8, 4) is 11.1 Å². The van der Waals surface area contributed by atoms with Gasteiger partial charge in [-0.25, -0.2) is 9.97 Å². The van der Waals surface area contributed by atoms with Gasteiger partial charge in [0.2, 0.25) is 0 Å². The molecule has 5 heterocycles. The Kier molecular flexibility index (Phi) is 9.25. The first-order valence-electron chi connectivity index (χ1n) is 14.8. The fourth-order valence-electron chi connectivity index (χ4n) is 5.68. The zero-order valence-corrected chi connectivity index (χ0v) is 27.6. The first-order chi connectivity index (χ1) is 22.4. The Hall–Kier alpha value is -4.83. The first kappa shape index (κ1) is 31.2. The van der Waals surface area contributed by atoms with Gasteiger partial charge >= 0.3 is 0 Å². The highest BCUT2D eigenvalue weighted by Gasteiger charge is 2.19. The van der Waals surface area contributed by atoms with E-state index in [0.717, 1.165) is 55.0 Å². The van der Waals surface area contributed by atoms with E-state index in [1.807, 2.05) is 121 Å². The maximum absolute atomic E-state index is 12.0. The van der Waals surface area contributed by atoms with Crippen molar-refractivity contribution in [2.24, 2.45) is 7.05 Å². The Bertz CT molecular complexity index is 2130. The summed E-state index contributed by atoms with van der Waals surface area (Å²) in [6.45, 7) is 1.84. The van der Waals surface area contributed by atoms with E-state index in [4.69, 9.17) is 9.47 Å². The normalized spacial score (nSPS) is 12.5. The van der Waals surface area contributed by atoms with Crippen LogP contribution in [0.4, 0.5) is 0 Å². The molecule has 0 spiro atoms. The number of hydrogen-bond donors (Lipinski definition) is 0. The van der Waals surface area contributed by atoms with Crippen molar-refractivity contribution in [2.75, 3.05) is 14.2 Å². The third kappa shape index (κ3) is 6.30. The lowest BCUT2D eigenvalue weighted by molar-refractivity contribution is 0.132. The van der Waals surface area contributed by atoms with Crippen LogP contribution in [0.5, 0.6) is 0 Å². The van der Waals surface area contributed by atoms with Gasteiger partial charge in [-0.3, -0.25) is 9.20 Å². The Morgan fingerprint density at radius 2 is 1.20 bits per heavy atom. The second-order valence-electron chi connectivity index (χ2n) is 11.0. The van der Waals surface area contributed by atoms with Gasteiger partial charge in [0, 0.05) is 49.9 Å². The second-order valence-corrected chi connectivity index (χ2v) is 11.9. The van der Waals surface area contributed by atoms with Crippen molar-refractivity contribution in [1.29, 1.82) is 0 Å². The predicted octanol–water partition coefficient (Wildman–Crippen LogP) is 7.58. The van der Waals surface area contributed by atoms with Gasteiger partial charge in [0.1, 0.15) is 23.5 Å². The predicted molar refractivity (Wildman–Crippen MR) is 184 cm³/mol. The van der Waals surface area contributed by atoms with Crippen molar-refractivity contribution in [2.45, 2.75) is 19.1 Å². The molecule has 0 aliphatic carbocycles. The van der Waals surface area contributed by atoms with Crippen molar-refractivity contribution >= 4 is 27.2 Å². The zero-order valence-electron chi connectivity index (χ0n) is 26.0. The van der Waals surface area contributed by atoms with Crippen LogP contribution in [0.3, 0.4) is 0 Å². The standard InChI is InChI=1S/C22H21N3O2.C15H13BrN2O/c1-15-11-18(13-24(2)22(15)26)17-9-10-20-23-12-19(25(20)14-17)21(27-3)16-7-5-4-6-8-16;1-19-15(11-5-3-2-4-6-11)13-9-17-14-8-7-12(16)10-18(13)14/h4-14,21H,1-3H3;2-10,15H,1H3. The third-order valence-electron chi connectivity index (χ3n) is 7.94. The molecular weight excluding hydrogens is 642 g/mol. The van der Waals surface area contributed by atoms with Crippen LogP contribution in [0, 0.1) is 6.92 Å². The van der Waals surface area contributed by atoms with E-state index in [9.17, 15) is 4.79 Å². The number of hydrogen-bond acceptors (Lipinski definition) is 5. The molecular formula is C37H34BrN5O3. The lowest BCUT2D eigenvalue weighted by atomic mass is 10.1. The number of imidazole rings is 2. The molecule has 0 N–H and O–H groups in total. The zero-order chi connectivity index (χ0) is 32.2. The fourth-order valence-corrected chi connectivity index (χ4v) is 6.01. The number of aromatic nitrogens is 5. The molecule has 2 unspecified atom stereocenters. The van der Waals surface area contributed by atoms with Gasteiger partial charge in [-0.1, -0.05) is 60.7 Å². The lowest BCUT2D eigenvalue weighted by Crippen LogP contribution is -2.18. The fraction of sp³-hybridized carbons (Fsp3) is 0.162. The van der Waals surface area contributed by atoms with Crippen LogP contribution in [0.25, 0.3) is 22.4 Å². The van der Waals surface area contributed by atoms with Gasteiger partial charge in [0.05, 0.1) is 23.8 Å². The number of aryl methyl sites for hydroxylation is 2. The Labute approximate surface area is 275 Å². The summed E-state index contributed by atoms with van der Waals surface area (Å²) in [6, 6.07) is 30.1. The van der Waals surface area contributed by atoms with Gasteiger partial charge < -0.3 is 18.4 Å². The Morgan fingerprint density at radius 1 is 0.674 bits per heavy atom. The maximum atomic E-state index is 12.0. The number of ether oxygens (including phenoxy) is 2. The second kappa shape index (κ2) is 13.7. The van der Waals surface area contributed by atoms with E-state index in [2.05, 4.69) is 42.4 Å². The molecule has 0 aliphatic rings. The van der Waals surface area contributed by atoms with Crippen molar-refractivity contribution in [3.05, 3.63) is 165 Å². The van der Waals surface area contributed by atoms with Gasteiger partial charge in [0.25, 0.3) is 5.56 Å². The number of benzene rings is 2. The van der Waals surface area contributed by atoms with Crippen LogP contribution in [0.15, 0.2) is 131 Å². The molecule has 0 radical (unpaired) electrons. The van der Waals surface area contributed by atoms with Crippen LogP contribution < -0.4 is 5.56 Å². The van der Waals surface area contributed by atoms with Gasteiger partial charge in [-0.2, -0.15) is 0 Å². The first-order valence-corrected chi connectivity index (χ1v) is 15.6. The number of nitrogens with zero attached hydrogens (tertiary/aromatic N) is 5. The molecule has 5 aromatic heterocycles. The van der Waals surface area contributed by atoms with Gasteiger partial charge in [-0.15, -0.1) is 0 Å². The van der Waals surface area contributed by atoms with Crippen LogP contribution in [-0.4, -0.2) is 37.6 Å². The molecule has 2 aromatic carbocycles. The summed E-state index contributed by atoms with van der Waals surface area (Å²) in [5, 5.41) is 0.